The van der Waals surface area contributed by atoms with Crippen LogP contribution in [0, 0.1) is 65.2 Å². The summed E-state index contributed by atoms with van der Waals surface area (Å²) in [5, 5.41) is 26.0. The Balaban J connectivity index is 0.000000133. The molecule has 20 aromatic carbocycles. The second-order valence-corrected chi connectivity index (χ2v) is 42.3. The number of fused-ring (bicyclic) bond motifs is 18. The molecular formula is C134H98N2. The molecule has 0 aromatic heterocycles. The van der Waals surface area contributed by atoms with Gasteiger partial charge in [-0.15, -0.1) is 0 Å². The number of rotatable bonds is 8. The zero-order valence-electron chi connectivity index (χ0n) is 78.4. The maximum absolute atomic E-state index is 11.0. The van der Waals surface area contributed by atoms with Gasteiger partial charge in [-0.1, -0.05) is 347 Å². The molecule has 8 bridgehead atoms. The van der Waals surface area contributed by atoms with E-state index in [-0.39, 0.29) is 16.2 Å². The van der Waals surface area contributed by atoms with Crippen molar-refractivity contribution in [2.75, 3.05) is 0 Å². The molecule has 0 saturated heterocycles. The molecule has 0 radical (unpaired) electrons. The summed E-state index contributed by atoms with van der Waals surface area (Å²) in [6.07, 6.45) is 13.1. The molecule has 8 fully saturated rings. The molecule has 2 nitrogen and oxygen atoms in total. The van der Waals surface area contributed by atoms with E-state index in [0.717, 1.165) is 45.9 Å². The van der Waals surface area contributed by atoms with E-state index in [4.69, 9.17) is 9.31 Å². The topological polar surface area (TPSA) is 28.1 Å². The van der Waals surface area contributed by atoms with Crippen LogP contribution in [0.5, 0.6) is 0 Å². The van der Waals surface area contributed by atoms with Crippen molar-refractivity contribution in [1.29, 1.82) is 5.26 Å². The van der Waals surface area contributed by atoms with E-state index in [1.165, 1.54) is 279 Å². The van der Waals surface area contributed by atoms with E-state index < -0.39 is 5.41 Å². The van der Waals surface area contributed by atoms with Crippen molar-refractivity contribution < 1.29 is 2.74 Å². The van der Waals surface area contributed by atoms with Gasteiger partial charge in [0.1, 0.15) is 0 Å². The maximum Gasteiger partial charge on any atom is 0.187 e. The molecule has 8 saturated carbocycles. The fraction of sp³-hybridized carbons (Fsp3) is 0.179. The van der Waals surface area contributed by atoms with Gasteiger partial charge in [-0.2, -0.15) is 5.26 Å². The standard InChI is InChI=1S/C69H48N2.C65H50/c1-71-51-31-32-62-59(39-51)60-40-58(46(41-70)38-64(60)69(62)49-34-42-33-43(36-49)37-50(69)35-42)44-27-29-45(30-28-44)65-52-19-8-10-21-54(52)66(55-22-11-9-20-53(55)65)57-24-14-26-63-67(57)56-23-12-13-25-61(56)68(63,47-15-4-2-5-16-47)48-17-6-3-7-18-48;1-64(2)59-35-43(44-22-25-53-50-13-9-10-18-58(50)65(61(53)36-44)48-28-38-27-39(30-48)31-49(65)29-38)21-24-51(59)52-26-23-46(37-60(52)64)63-56-16-7-5-14-54(56)62(55-15-6-8-17-57(55)63)45-20-19-42-32-40-11-3-4-12-41(40)33-47(42)34-45/h2-32,38-40,42-43,49-50H,33-37H2;3-26,32-39,48-49H,27-31H2,1-2H3/i;9D,10D. The number of nitriles is 1. The Morgan fingerprint density at radius 3 is 1.21 bits per heavy atom. The number of nitrogens with zero attached hydrogens (tertiary/aromatic N) is 2. The minimum atomic E-state index is -0.497. The molecule has 2 spiro atoms. The lowest BCUT2D eigenvalue weighted by Crippen LogP contribution is -2.55. The van der Waals surface area contributed by atoms with Gasteiger partial charge in [-0.05, 0) is 392 Å². The average molecular weight is 1740 g/mol. The number of benzene rings is 20. The second kappa shape index (κ2) is 29.2. The first-order chi connectivity index (χ1) is 67.8. The van der Waals surface area contributed by atoms with Gasteiger partial charge < -0.3 is 0 Å². The highest BCUT2D eigenvalue weighted by molar-refractivity contribution is 6.24. The monoisotopic (exact) mass is 1740 g/mol. The molecule has 0 aliphatic heterocycles. The van der Waals surface area contributed by atoms with Crippen molar-refractivity contribution in [3.05, 3.63) is 461 Å². The Hall–Kier alpha value is -15.1. The lowest BCUT2D eigenvalue weighted by Gasteiger charge is -2.61. The minimum Gasteiger partial charge on any atom is -0.238 e. The molecule has 0 unspecified atom stereocenters. The normalized spacial score (nSPS) is 22.3. The Kier molecular flexibility index (Phi) is 16.4. The van der Waals surface area contributed by atoms with Gasteiger partial charge in [0.15, 0.2) is 5.69 Å². The van der Waals surface area contributed by atoms with Crippen molar-refractivity contribution in [2.45, 2.75) is 99.7 Å². The summed E-state index contributed by atoms with van der Waals surface area (Å²) in [4.78, 5) is 3.91. The Morgan fingerprint density at radius 2 is 0.662 bits per heavy atom. The molecule has 0 atom stereocenters. The lowest BCUT2D eigenvalue weighted by molar-refractivity contribution is -0.0399. The molecule has 644 valence electrons. The fourth-order valence-corrected chi connectivity index (χ4v) is 31.0. The summed E-state index contributed by atoms with van der Waals surface area (Å²) >= 11 is 0. The Morgan fingerprint density at radius 1 is 0.265 bits per heavy atom. The molecule has 0 amide bonds. The third-order valence-corrected chi connectivity index (χ3v) is 35.8. The van der Waals surface area contributed by atoms with E-state index >= 15 is 0 Å². The lowest BCUT2D eigenvalue weighted by atomic mass is 9.43. The minimum absolute atomic E-state index is 0.0441. The van der Waals surface area contributed by atoms with Crippen LogP contribution in [0.25, 0.3) is 181 Å². The maximum atomic E-state index is 11.0. The average Bonchev–Trinajstić information content (AvgIpc) is 1.51. The largest absolute Gasteiger partial charge is 0.238 e. The summed E-state index contributed by atoms with van der Waals surface area (Å²) in [6, 6.07) is 144. The number of hydrogen-bond acceptors (Lipinski definition) is 1. The van der Waals surface area contributed by atoms with Crippen molar-refractivity contribution in [2.24, 2.45) is 47.3 Å². The van der Waals surface area contributed by atoms with Crippen LogP contribution in [-0.2, 0) is 21.7 Å². The second-order valence-electron chi connectivity index (χ2n) is 42.3. The van der Waals surface area contributed by atoms with Gasteiger partial charge in [0.05, 0.1) is 26.4 Å². The summed E-state index contributed by atoms with van der Waals surface area (Å²) in [6.45, 7) is 12.8. The zero-order chi connectivity index (χ0) is 91.5. The molecule has 2 heteroatoms. The van der Waals surface area contributed by atoms with Gasteiger partial charge in [0.2, 0.25) is 0 Å². The molecule has 0 N–H and O–H groups in total. The van der Waals surface area contributed by atoms with Gasteiger partial charge >= 0.3 is 0 Å². The predicted octanol–water partition coefficient (Wildman–Crippen LogP) is 34.8. The van der Waals surface area contributed by atoms with Crippen molar-refractivity contribution >= 4 is 70.3 Å². The first-order valence-electron chi connectivity index (χ1n) is 50.7. The van der Waals surface area contributed by atoms with Crippen molar-refractivity contribution in [1.82, 2.24) is 0 Å². The van der Waals surface area contributed by atoms with E-state index in [9.17, 15) is 5.26 Å². The molecular weight excluding hydrogens is 1640 g/mol. The van der Waals surface area contributed by atoms with Gasteiger partial charge in [-0.3, -0.25) is 0 Å². The third-order valence-electron chi connectivity index (χ3n) is 35.8. The van der Waals surface area contributed by atoms with Gasteiger partial charge in [0, 0.05) is 21.8 Å². The van der Waals surface area contributed by atoms with Gasteiger partial charge in [-0.25, -0.2) is 4.85 Å². The fourth-order valence-electron chi connectivity index (χ4n) is 31.0. The van der Waals surface area contributed by atoms with Crippen molar-refractivity contribution in [3.8, 4) is 117 Å². The highest BCUT2D eigenvalue weighted by Gasteiger charge is 2.64. The summed E-state index contributed by atoms with van der Waals surface area (Å²) < 4.78 is 17.5. The zero-order valence-corrected chi connectivity index (χ0v) is 76.4. The van der Waals surface area contributed by atoms with E-state index in [1.54, 1.807) is 0 Å². The third kappa shape index (κ3) is 10.8. The quantitative estimate of drug-likeness (QED) is 0.110. The smallest absolute Gasteiger partial charge is 0.187 e. The molecule has 136 heavy (non-hydrogen) atoms. The van der Waals surface area contributed by atoms with Crippen LogP contribution >= 0.6 is 0 Å². The first kappa shape index (κ1) is 76.4. The summed E-state index contributed by atoms with van der Waals surface area (Å²) in [5.74, 6) is 5.75. The van der Waals surface area contributed by atoms with Crippen LogP contribution in [0.3, 0.4) is 0 Å². The van der Waals surface area contributed by atoms with Crippen LogP contribution in [0.2, 0.25) is 0 Å². The molecule has 32 rings (SSSR count). The van der Waals surface area contributed by atoms with Crippen LogP contribution in [0.1, 0.15) is 142 Å². The van der Waals surface area contributed by atoms with Crippen LogP contribution in [-0.4, -0.2) is 0 Å². The molecule has 20 aromatic rings. The van der Waals surface area contributed by atoms with E-state index in [2.05, 4.69) is 389 Å². The van der Waals surface area contributed by atoms with E-state index in [1.807, 2.05) is 12.1 Å². The number of hydrogen-bond donors (Lipinski definition) is 0. The van der Waals surface area contributed by atoms with E-state index in [0.29, 0.717) is 41.4 Å². The summed E-state index contributed by atoms with van der Waals surface area (Å²) in [5.41, 5.74) is 38.7. The molecule has 0 heterocycles. The summed E-state index contributed by atoms with van der Waals surface area (Å²) in [7, 11) is 0. The predicted molar refractivity (Wildman–Crippen MR) is 563 cm³/mol. The van der Waals surface area contributed by atoms with Crippen LogP contribution < -0.4 is 0 Å². The highest BCUT2D eigenvalue weighted by atomic mass is 14.7. The molecule has 12 aliphatic carbocycles. The van der Waals surface area contributed by atoms with Gasteiger partial charge in [0.25, 0.3) is 0 Å². The first-order valence-corrected chi connectivity index (χ1v) is 49.7. The Bertz CT molecular complexity index is 8610. The van der Waals surface area contributed by atoms with Crippen LogP contribution in [0.15, 0.2) is 388 Å². The SMILES string of the molecule is [2H]c1cc2c(cc1[2H])C1(c3cc(-c4ccc5c(c4)C(C)(C)c4cc(-c6c7ccccc7c(-c7ccc8cc9ccccc9cc8c7)c7ccccc67)ccc4-5)ccc3-2)C2CC3CC(C2)CC1C3.[C-]#[N+]c1ccc2c(c1)-c1cc(-c3ccc(-c4c5ccccc5c(-c5cccc6c5-c5ccccc5C6(c5ccccc5)c5ccccc5)c5ccccc45)cc3)c(C#N)cc1C21C2CC3CC(C2)CC1C3. The highest BCUT2D eigenvalue weighted by Crippen LogP contribution is 2.73. The van der Waals surface area contributed by atoms with Crippen molar-refractivity contribution in [3.63, 3.8) is 0 Å². The Labute approximate surface area is 798 Å². The molecule has 12 aliphatic rings. The van der Waals surface area contributed by atoms with Crippen LogP contribution in [0.4, 0.5) is 5.69 Å².